The maximum Gasteiger partial charge on any atom is 0.219 e. The first-order valence-electron chi connectivity index (χ1n) is 5.29. The second-order valence-corrected chi connectivity index (χ2v) is 3.58. The van der Waals surface area contributed by atoms with Gasteiger partial charge in [-0.25, -0.2) is 9.97 Å². The highest BCUT2D eigenvalue weighted by Gasteiger charge is 2.09. The molecule has 4 heteroatoms. The number of nitrogens with one attached hydrogen (secondary N) is 1. The first-order chi connectivity index (χ1) is 7.19. The number of aromatic nitrogens is 2. The lowest BCUT2D eigenvalue weighted by molar-refractivity contribution is 0.322. The van der Waals surface area contributed by atoms with Gasteiger partial charge in [-0.05, 0) is 27.8 Å². The van der Waals surface area contributed by atoms with Gasteiger partial charge in [-0.1, -0.05) is 0 Å². The van der Waals surface area contributed by atoms with E-state index in [1.54, 1.807) is 6.33 Å². The SMILES string of the molecule is CCOc1ncnc(CC(C)NC)c1C. The minimum absolute atomic E-state index is 0.410. The molecule has 0 bridgehead atoms. The summed E-state index contributed by atoms with van der Waals surface area (Å²) < 4.78 is 5.42. The summed E-state index contributed by atoms with van der Waals surface area (Å²) in [6.45, 7) is 6.72. The zero-order valence-corrected chi connectivity index (χ0v) is 9.87. The van der Waals surface area contributed by atoms with Crippen molar-refractivity contribution in [3.05, 3.63) is 17.6 Å². The second kappa shape index (κ2) is 5.66. The predicted molar refractivity (Wildman–Crippen MR) is 60.2 cm³/mol. The number of rotatable bonds is 5. The molecule has 0 aliphatic rings. The third-order valence-electron chi connectivity index (χ3n) is 2.42. The first kappa shape index (κ1) is 11.9. The lowest BCUT2D eigenvalue weighted by atomic mass is 10.1. The fourth-order valence-electron chi connectivity index (χ4n) is 1.35. The van der Waals surface area contributed by atoms with Gasteiger partial charge in [0.2, 0.25) is 5.88 Å². The van der Waals surface area contributed by atoms with Crippen LogP contribution >= 0.6 is 0 Å². The van der Waals surface area contributed by atoms with Crippen molar-refractivity contribution in [1.29, 1.82) is 0 Å². The van der Waals surface area contributed by atoms with Gasteiger partial charge in [0, 0.05) is 18.0 Å². The van der Waals surface area contributed by atoms with Crippen LogP contribution in [0.4, 0.5) is 0 Å². The van der Waals surface area contributed by atoms with Crippen molar-refractivity contribution in [2.45, 2.75) is 33.2 Å². The van der Waals surface area contributed by atoms with E-state index in [0.717, 1.165) is 17.7 Å². The van der Waals surface area contributed by atoms with Gasteiger partial charge in [0.25, 0.3) is 0 Å². The summed E-state index contributed by atoms with van der Waals surface area (Å²) >= 11 is 0. The third kappa shape index (κ3) is 3.16. The van der Waals surface area contributed by atoms with Crippen LogP contribution in [0.2, 0.25) is 0 Å². The van der Waals surface area contributed by atoms with Crippen LogP contribution < -0.4 is 10.1 Å². The van der Waals surface area contributed by atoms with Crippen LogP contribution in [0.3, 0.4) is 0 Å². The van der Waals surface area contributed by atoms with E-state index in [0.29, 0.717) is 18.5 Å². The van der Waals surface area contributed by atoms with Crippen LogP contribution in [0, 0.1) is 6.92 Å². The molecule has 84 valence electrons. The molecule has 0 amide bonds. The molecule has 0 saturated heterocycles. The standard InChI is InChI=1S/C11H19N3O/c1-5-15-11-9(3)10(13-7-14-11)6-8(2)12-4/h7-8,12H,5-6H2,1-4H3. The number of ether oxygens (including phenoxy) is 1. The van der Waals surface area contributed by atoms with E-state index in [2.05, 4.69) is 22.2 Å². The van der Waals surface area contributed by atoms with Crippen molar-refractivity contribution in [3.8, 4) is 5.88 Å². The summed E-state index contributed by atoms with van der Waals surface area (Å²) in [7, 11) is 1.95. The van der Waals surface area contributed by atoms with Gasteiger partial charge in [0.15, 0.2) is 0 Å². The molecule has 1 rings (SSSR count). The Bertz CT molecular complexity index is 315. The highest BCUT2D eigenvalue weighted by Crippen LogP contribution is 2.17. The van der Waals surface area contributed by atoms with Crippen LogP contribution in [0.15, 0.2) is 6.33 Å². The molecule has 1 heterocycles. The van der Waals surface area contributed by atoms with Gasteiger partial charge in [0.1, 0.15) is 6.33 Å². The molecule has 0 saturated carbocycles. The largest absolute Gasteiger partial charge is 0.478 e. The Kier molecular flexibility index (Phi) is 4.49. The molecule has 0 spiro atoms. The molecule has 1 atom stereocenters. The summed E-state index contributed by atoms with van der Waals surface area (Å²) in [6, 6.07) is 0.410. The molecule has 1 unspecified atom stereocenters. The topological polar surface area (TPSA) is 47.0 Å². The van der Waals surface area contributed by atoms with Crippen LogP contribution in [0.1, 0.15) is 25.1 Å². The molecule has 0 aromatic carbocycles. The van der Waals surface area contributed by atoms with Crippen LogP contribution in [0.5, 0.6) is 5.88 Å². The predicted octanol–water partition coefficient (Wildman–Crippen LogP) is 1.33. The molecule has 15 heavy (non-hydrogen) atoms. The van der Waals surface area contributed by atoms with Crippen molar-refractivity contribution in [1.82, 2.24) is 15.3 Å². The summed E-state index contributed by atoms with van der Waals surface area (Å²) in [5, 5.41) is 3.19. The van der Waals surface area contributed by atoms with E-state index >= 15 is 0 Å². The summed E-state index contributed by atoms with van der Waals surface area (Å²) in [5.41, 5.74) is 2.09. The quantitative estimate of drug-likeness (QED) is 0.795. The van der Waals surface area contributed by atoms with Crippen LogP contribution in [0.25, 0.3) is 0 Å². The molecule has 1 aromatic heterocycles. The van der Waals surface area contributed by atoms with Gasteiger partial charge < -0.3 is 10.1 Å². The Labute approximate surface area is 91.1 Å². The van der Waals surface area contributed by atoms with Crippen molar-refractivity contribution in [2.24, 2.45) is 0 Å². The molecule has 0 radical (unpaired) electrons. The van der Waals surface area contributed by atoms with E-state index in [9.17, 15) is 0 Å². The fraction of sp³-hybridized carbons (Fsp3) is 0.636. The van der Waals surface area contributed by atoms with E-state index in [1.807, 2.05) is 20.9 Å². The van der Waals surface area contributed by atoms with Crippen molar-refractivity contribution < 1.29 is 4.74 Å². The van der Waals surface area contributed by atoms with Crippen molar-refractivity contribution >= 4 is 0 Å². The third-order valence-corrected chi connectivity index (χ3v) is 2.42. The number of hydrogen-bond acceptors (Lipinski definition) is 4. The van der Waals surface area contributed by atoms with Crippen LogP contribution in [-0.4, -0.2) is 29.7 Å². The molecular weight excluding hydrogens is 190 g/mol. The molecule has 1 aromatic rings. The average Bonchev–Trinajstić information content (AvgIpc) is 2.24. The highest BCUT2D eigenvalue weighted by molar-refractivity contribution is 5.28. The van der Waals surface area contributed by atoms with Gasteiger partial charge >= 0.3 is 0 Å². The van der Waals surface area contributed by atoms with Crippen molar-refractivity contribution in [2.75, 3.05) is 13.7 Å². The summed E-state index contributed by atoms with van der Waals surface area (Å²) in [4.78, 5) is 8.39. The Morgan fingerprint density at radius 1 is 1.47 bits per heavy atom. The van der Waals surface area contributed by atoms with Gasteiger partial charge in [0.05, 0.1) is 12.3 Å². The molecule has 0 aliphatic carbocycles. The molecule has 0 fully saturated rings. The molecule has 4 nitrogen and oxygen atoms in total. The highest BCUT2D eigenvalue weighted by atomic mass is 16.5. The Hall–Kier alpha value is -1.16. The number of hydrogen-bond donors (Lipinski definition) is 1. The van der Waals surface area contributed by atoms with E-state index in [-0.39, 0.29) is 0 Å². The smallest absolute Gasteiger partial charge is 0.219 e. The summed E-state index contributed by atoms with van der Waals surface area (Å²) in [6.07, 6.45) is 2.46. The Morgan fingerprint density at radius 2 is 2.20 bits per heavy atom. The van der Waals surface area contributed by atoms with E-state index in [4.69, 9.17) is 4.74 Å². The lowest BCUT2D eigenvalue weighted by Crippen LogP contribution is -2.24. The molecular formula is C11H19N3O. The Morgan fingerprint density at radius 3 is 2.80 bits per heavy atom. The Balaban J connectivity index is 2.84. The minimum Gasteiger partial charge on any atom is -0.478 e. The van der Waals surface area contributed by atoms with Crippen molar-refractivity contribution in [3.63, 3.8) is 0 Å². The monoisotopic (exact) mass is 209 g/mol. The van der Waals surface area contributed by atoms with E-state index < -0.39 is 0 Å². The van der Waals surface area contributed by atoms with Gasteiger partial charge in [-0.15, -0.1) is 0 Å². The molecule has 1 N–H and O–H groups in total. The number of likely N-dealkylation sites (N-methyl/N-ethyl adjacent to an activating group) is 1. The maximum atomic E-state index is 5.42. The fourth-order valence-corrected chi connectivity index (χ4v) is 1.35. The molecule has 0 aliphatic heterocycles. The second-order valence-electron chi connectivity index (χ2n) is 3.58. The normalized spacial score (nSPS) is 12.5. The maximum absolute atomic E-state index is 5.42. The lowest BCUT2D eigenvalue weighted by Gasteiger charge is -2.13. The number of nitrogens with zero attached hydrogens (tertiary/aromatic N) is 2. The first-order valence-corrected chi connectivity index (χ1v) is 5.29. The van der Waals surface area contributed by atoms with Gasteiger partial charge in [-0.2, -0.15) is 0 Å². The minimum atomic E-state index is 0.410. The zero-order chi connectivity index (χ0) is 11.3. The van der Waals surface area contributed by atoms with E-state index in [1.165, 1.54) is 0 Å². The average molecular weight is 209 g/mol. The zero-order valence-electron chi connectivity index (χ0n) is 9.87. The van der Waals surface area contributed by atoms with Gasteiger partial charge in [-0.3, -0.25) is 0 Å². The van der Waals surface area contributed by atoms with Crippen LogP contribution in [-0.2, 0) is 6.42 Å². The summed E-state index contributed by atoms with van der Waals surface area (Å²) in [5.74, 6) is 0.700.